The third-order valence-corrected chi connectivity index (χ3v) is 5.30. The van der Waals surface area contributed by atoms with Crippen LogP contribution in [-0.4, -0.2) is 61.3 Å². The lowest BCUT2D eigenvalue weighted by Gasteiger charge is -2.25. The molecule has 8 nitrogen and oxygen atoms in total. The van der Waals surface area contributed by atoms with Gasteiger partial charge >= 0.3 is 0 Å². The number of carbonyl (C=O) groups is 2. The van der Waals surface area contributed by atoms with E-state index in [2.05, 4.69) is 5.32 Å². The first kappa shape index (κ1) is 16.9. The van der Waals surface area contributed by atoms with Crippen LogP contribution in [0.5, 0.6) is 0 Å². The molecule has 0 unspecified atom stereocenters. The molecule has 1 fully saturated rings. The molecule has 0 spiro atoms. The van der Waals surface area contributed by atoms with E-state index >= 15 is 0 Å². The van der Waals surface area contributed by atoms with Gasteiger partial charge in [-0.2, -0.15) is 4.31 Å². The first-order valence-electron chi connectivity index (χ1n) is 6.50. The van der Waals surface area contributed by atoms with Crippen LogP contribution < -0.4 is 5.32 Å². The number of amides is 2. The van der Waals surface area contributed by atoms with Crippen LogP contribution in [0.2, 0.25) is 0 Å². The molecule has 2 rings (SSSR count). The molecule has 122 valence electrons. The number of nitrogens with one attached hydrogen (secondary N) is 1. The van der Waals surface area contributed by atoms with E-state index < -0.39 is 21.8 Å². The van der Waals surface area contributed by atoms with Gasteiger partial charge in [-0.3, -0.25) is 14.9 Å². The van der Waals surface area contributed by atoms with Gasteiger partial charge in [-0.05, 0) is 6.07 Å². The van der Waals surface area contributed by atoms with Crippen LogP contribution in [0.3, 0.4) is 0 Å². The largest absolute Gasteiger partial charge is 0.379 e. The van der Waals surface area contributed by atoms with Crippen molar-refractivity contribution in [3.8, 4) is 0 Å². The maximum absolute atomic E-state index is 12.5. The SMILES string of the molecule is Cn1cc(S(=O)(=O)N2CCOCC2)cc1C(=O)NC(=O)CCl. The summed E-state index contributed by atoms with van der Waals surface area (Å²) in [5.41, 5.74) is 0.0605. The maximum Gasteiger partial charge on any atom is 0.274 e. The molecule has 1 aromatic rings. The smallest absolute Gasteiger partial charge is 0.274 e. The molecule has 2 heterocycles. The molecule has 22 heavy (non-hydrogen) atoms. The molecule has 2 amide bonds. The van der Waals surface area contributed by atoms with Crippen LogP contribution >= 0.6 is 11.6 Å². The van der Waals surface area contributed by atoms with Crippen LogP contribution in [0.4, 0.5) is 0 Å². The zero-order chi connectivity index (χ0) is 16.3. The summed E-state index contributed by atoms with van der Waals surface area (Å²) in [6.45, 7) is 1.21. The highest BCUT2D eigenvalue weighted by molar-refractivity contribution is 7.89. The number of alkyl halides is 1. The quantitative estimate of drug-likeness (QED) is 0.742. The van der Waals surface area contributed by atoms with Crippen molar-refractivity contribution in [1.29, 1.82) is 0 Å². The number of morpholine rings is 1. The number of imide groups is 1. The van der Waals surface area contributed by atoms with Crippen molar-refractivity contribution in [2.75, 3.05) is 32.2 Å². The Morgan fingerprint density at radius 2 is 2.00 bits per heavy atom. The zero-order valence-corrected chi connectivity index (χ0v) is 13.5. The Balaban J connectivity index is 2.25. The first-order valence-corrected chi connectivity index (χ1v) is 8.48. The predicted molar refractivity (Wildman–Crippen MR) is 78.2 cm³/mol. The molecule has 1 aliphatic heterocycles. The van der Waals surface area contributed by atoms with Crippen molar-refractivity contribution < 1.29 is 22.7 Å². The minimum atomic E-state index is -3.69. The van der Waals surface area contributed by atoms with Crippen LogP contribution in [-0.2, 0) is 26.6 Å². The zero-order valence-electron chi connectivity index (χ0n) is 11.9. The van der Waals surface area contributed by atoms with Crippen molar-refractivity contribution in [2.45, 2.75) is 4.90 Å². The number of carbonyl (C=O) groups excluding carboxylic acids is 2. The van der Waals surface area contributed by atoms with Gasteiger partial charge in [-0.1, -0.05) is 0 Å². The van der Waals surface area contributed by atoms with Crippen LogP contribution in [0.25, 0.3) is 0 Å². The Morgan fingerprint density at radius 3 is 2.59 bits per heavy atom. The molecule has 1 aliphatic rings. The summed E-state index contributed by atoms with van der Waals surface area (Å²) in [6, 6.07) is 1.24. The van der Waals surface area contributed by atoms with E-state index in [0.717, 1.165) is 0 Å². The summed E-state index contributed by atoms with van der Waals surface area (Å²) in [5.74, 6) is -1.70. The van der Waals surface area contributed by atoms with Crippen molar-refractivity contribution in [2.24, 2.45) is 7.05 Å². The average molecular weight is 350 g/mol. The van der Waals surface area contributed by atoms with Crippen LogP contribution in [0.15, 0.2) is 17.2 Å². The first-order chi connectivity index (χ1) is 10.4. The Bertz CT molecular complexity index is 679. The molecule has 1 N–H and O–H groups in total. The molecule has 0 aromatic carbocycles. The molecular weight excluding hydrogens is 334 g/mol. The lowest BCUT2D eigenvalue weighted by atomic mass is 10.4. The summed E-state index contributed by atoms with van der Waals surface area (Å²) >= 11 is 5.32. The minimum absolute atomic E-state index is 0.000345. The fourth-order valence-electron chi connectivity index (χ4n) is 2.06. The lowest BCUT2D eigenvalue weighted by Crippen LogP contribution is -2.40. The molecule has 1 saturated heterocycles. The Morgan fingerprint density at radius 1 is 1.36 bits per heavy atom. The topological polar surface area (TPSA) is 97.7 Å². The standard InChI is InChI=1S/C12H16ClN3O5S/c1-15-8-9(6-10(15)12(18)14-11(17)7-13)22(19,20)16-2-4-21-5-3-16/h6,8H,2-5,7H2,1H3,(H,14,17,18). The highest BCUT2D eigenvalue weighted by Gasteiger charge is 2.29. The van der Waals surface area contributed by atoms with Gasteiger partial charge in [0.2, 0.25) is 15.9 Å². The van der Waals surface area contributed by atoms with Gasteiger partial charge in [0, 0.05) is 26.3 Å². The summed E-state index contributed by atoms with van der Waals surface area (Å²) in [4.78, 5) is 23.1. The van der Waals surface area contributed by atoms with Crippen molar-refractivity contribution >= 4 is 33.4 Å². The number of halogens is 1. The number of hydrogen-bond acceptors (Lipinski definition) is 5. The molecule has 0 radical (unpaired) electrons. The Hall–Kier alpha value is -1.42. The van der Waals surface area contributed by atoms with Crippen LogP contribution in [0.1, 0.15) is 10.5 Å². The van der Waals surface area contributed by atoms with Gasteiger partial charge < -0.3 is 9.30 Å². The average Bonchev–Trinajstić information content (AvgIpc) is 2.90. The highest BCUT2D eigenvalue weighted by atomic mass is 35.5. The maximum atomic E-state index is 12.5. The fourth-order valence-corrected chi connectivity index (χ4v) is 3.61. The molecule has 0 atom stereocenters. The number of hydrogen-bond donors (Lipinski definition) is 1. The van der Waals surface area contributed by atoms with Crippen molar-refractivity contribution in [3.63, 3.8) is 0 Å². The van der Waals surface area contributed by atoms with E-state index in [0.29, 0.717) is 13.2 Å². The number of aromatic nitrogens is 1. The van der Waals surface area contributed by atoms with E-state index in [-0.39, 0.29) is 29.6 Å². The molecule has 1 aromatic heterocycles. The van der Waals surface area contributed by atoms with Gasteiger partial charge in [0.15, 0.2) is 0 Å². The van der Waals surface area contributed by atoms with Crippen molar-refractivity contribution in [3.05, 3.63) is 18.0 Å². The Labute approximate surface area is 133 Å². The van der Waals surface area contributed by atoms with Gasteiger partial charge in [-0.15, -0.1) is 11.6 Å². The monoisotopic (exact) mass is 349 g/mol. The minimum Gasteiger partial charge on any atom is -0.379 e. The van der Waals surface area contributed by atoms with Gasteiger partial charge in [0.05, 0.1) is 13.2 Å². The summed E-state index contributed by atoms with van der Waals surface area (Å²) in [7, 11) is -2.16. The molecule has 0 aliphatic carbocycles. The summed E-state index contributed by atoms with van der Waals surface area (Å²) < 4.78 is 32.8. The summed E-state index contributed by atoms with van der Waals surface area (Å²) in [6.07, 6.45) is 1.34. The molecular formula is C12H16ClN3O5S. The molecule has 10 heteroatoms. The number of aryl methyl sites for hydroxylation is 1. The molecule has 0 saturated carbocycles. The van der Waals surface area contributed by atoms with Gasteiger partial charge in [0.1, 0.15) is 16.5 Å². The van der Waals surface area contributed by atoms with E-state index in [1.54, 1.807) is 0 Å². The lowest BCUT2D eigenvalue weighted by molar-refractivity contribution is -0.117. The second-order valence-electron chi connectivity index (χ2n) is 4.70. The fraction of sp³-hybridized carbons (Fsp3) is 0.500. The number of nitrogens with zero attached hydrogens (tertiary/aromatic N) is 2. The number of sulfonamides is 1. The second-order valence-corrected chi connectivity index (χ2v) is 6.90. The second kappa shape index (κ2) is 6.78. The number of rotatable bonds is 4. The highest BCUT2D eigenvalue weighted by Crippen LogP contribution is 2.19. The van der Waals surface area contributed by atoms with Gasteiger partial charge in [-0.25, -0.2) is 8.42 Å². The third-order valence-electron chi connectivity index (χ3n) is 3.19. The van der Waals surface area contributed by atoms with E-state index in [9.17, 15) is 18.0 Å². The number of ether oxygens (including phenoxy) is 1. The third kappa shape index (κ3) is 3.49. The van der Waals surface area contributed by atoms with E-state index in [4.69, 9.17) is 16.3 Å². The predicted octanol–water partition coefficient (Wildman–Crippen LogP) is -0.459. The van der Waals surface area contributed by atoms with E-state index in [1.807, 2.05) is 0 Å². The van der Waals surface area contributed by atoms with Crippen molar-refractivity contribution in [1.82, 2.24) is 14.2 Å². The van der Waals surface area contributed by atoms with Gasteiger partial charge in [0.25, 0.3) is 5.91 Å². The molecule has 0 bridgehead atoms. The Kier molecular flexibility index (Phi) is 5.22. The normalized spacial score (nSPS) is 16.5. The summed E-state index contributed by atoms with van der Waals surface area (Å²) in [5, 5.41) is 2.07. The van der Waals surface area contributed by atoms with E-state index in [1.165, 1.54) is 28.2 Å². The van der Waals surface area contributed by atoms with Crippen LogP contribution in [0, 0.1) is 0 Å².